The van der Waals surface area contributed by atoms with E-state index in [0.29, 0.717) is 45.9 Å². The second-order valence-electron chi connectivity index (χ2n) is 5.90. The van der Waals surface area contributed by atoms with Gasteiger partial charge in [-0.25, -0.2) is 4.98 Å². The summed E-state index contributed by atoms with van der Waals surface area (Å²) in [7, 11) is 4.69. The van der Waals surface area contributed by atoms with Crippen molar-refractivity contribution in [1.29, 1.82) is 0 Å². The van der Waals surface area contributed by atoms with Crippen LogP contribution in [-0.2, 0) is 0 Å². The number of anilines is 4. The fourth-order valence-corrected chi connectivity index (χ4v) is 2.83. The first-order valence-corrected chi connectivity index (χ1v) is 8.67. The van der Waals surface area contributed by atoms with Crippen molar-refractivity contribution >= 4 is 34.3 Å². The molecule has 0 radical (unpaired) electrons. The number of fused-ring (bicyclic) bond motifs is 1. The van der Waals surface area contributed by atoms with Crippen LogP contribution in [0.3, 0.4) is 0 Å². The number of aromatic nitrogens is 5. The first-order valence-electron chi connectivity index (χ1n) is 8.67. The van der Waals surface area contributed by atoms with Crippen LogP contribution in [0.1, 0.15) is 0 Å². The molecule has 1 aromatic carbocycles. The molecule has 0 spiro atoms. The Bertz CT molecular complexity index is 1110. The zero-order valence-corrected chi connectivity index (χ0v) is 16.1. The molecule has 0 bridgehead atoms. The van der Waals surface area contributed by atoms with Gasteiger partial charge >= 0.3 is 0 Å². The highest BCUT2D eigenvalue weighted by atomic mass is 16.5. The van der Waals surface area contributed by atoms with Crippen molar-refractivity contribution in [1.82, 2.24) is 24.9 Å². The van der Waals surface area contributed by atoms with E-state index >= 15 is 0 Å². The summed E-state index contributed by atoms with van der Waals surface area (Å²) < 4.78 is 16.2. The lowest BCUT2D eigenvalue weighted by Gasteiger charge is -2.15. The van der Waals surface area contributed by atoms with Crippen molar-refractivity contribution in [2.45, 2.75) is 0 Å². The summed E-state index contributed by atoms with van der Waals surface area (Å²) in [4.78, 5) is 20.3. The predicted octanol–water partition coefficient (Wildman–Crippen LogP) is 3.26. The number of rotatable bonds is 7. The van der Waals surface area contributed by atoms with Crippen LogP contribution in [0, 0.1) is 0 Å². The molecule has 0 atom stereocenters. The summed E-state index contributed by atoms with van der Waals surface area (Å²) in [5.74, 6) is 2.50. The lowest BCUT2D eigenvalue weighted by atomic mass is 10.2. The molecule has 0 unspecified atom stereocenters. The van der Waals surface area contributed by atoms with Gasteiger partial charge in [0.05, 0.1) is 27.7 Å². The van der Waals surface area contributed by atoms with Gasteiger partial charge < -0.3 is 29.8 Å². The predicted molar refractivity (Wildman–Crippen MR) is 109 cm³/mol. The van der Waals surface area contributed by atoms with E-state index in [-0.39, 0.29) is 0 Å². The monoisotopic (exact) mass is 393 g/mol. The van der Waals surface area contributed by atoms with E-state index < -0.39 is 0 Å². The number of pyridine rings is 1. The largest absolute Gasteiger partial charge is 0.493 e. The summed E-state index contributed by atoms with van der Waals surface area (Å²) in [6.07, 6.45) is 4.94. The number of hydrogen-bond acceptors (Lipinski definition) is 9. The Labute approximate surface area is 166 Å². The highest BCUT2D eigenvalue weighted by Gasteiger charge is 2.16. The van der Waals surface area contributed by atoms with Crippen molar-refractivity contribution in [3.8, 4) is 17.2 Å². The number of nitrogens with zero attached hydrogens (tertiary/aromatic N) is 4. The minimum atomic E-state index is 0.394. The number of methoxy groups -OCH3 is 3. The molecule has 29 heavy (non-hydrogen) atoms. The lowest BCUT2D eigenvalue weighted by Crippen LogP contribution is -2.03. The molecule has 3 N–H and O–H groups in total. The van der Waals surface area contributed by atoms with Crippen molar-refractivity contribution in [3.05, 3.63) is 43.0 Å². The molecule has 3 aromatic heterocycles. The third-order valence-corrected chi connectivity index (χ3v) is 4.15. The van der Waals surface area contributed by atoms with Gasteiger partial charge in [0.15, 0.2) is 23.0 Å². The zero-order chi connectivity index (χ0) is 20.2. The van der Waals surface area contributed by atoms with Gasteiger partial charge in [0.2, 0.25) is 11.7 Å². The van der Waals surface area contributed by atoms with E-state index in [9.17, 15) is 0 Å². The average molecular weight is 393 g/mol. The molecule has 148 valence electrons. The fraction of sp³-hybridized carbons (Fsp3) is 0.158. The molecule has 10 nitrogen and oxygen atoms in total. The summed E-state index contributed by atoms with van der Waals surface area (Å²) in [6, 6.07) is 7.23. The van der Waals surface area contributed by atoms with Gasteiger partial charge in [-0.3, -0.25) is 4.98 Å². The summed E-state index contributed by atoms with van der Waals surface area (Å²) in [5.41, 5.74) is 2.70. The quantitative estimate of drug-likeness (QED) is 0.434. The van der Waals surface area contributed by atoms with Crippen LogP contribution in [0.4, 0.5) is 23.1 Å². The molecular weight excluding hydrogens is 374 g/mol. The van der Waals surface area contributed by atoms with E-state index in [1.165, 1.54) is 0 Å². The standard InChI is InChI=1S/C19H19N7O3/c1-27-13-8-12(9-14(28-2)16(13)29-3)23-18-15-17(22-10-21-15)25-19(26-18)24-11-4-6-20-7-5-11/h4-10H,1-3H3,(H3,20,21,22,23,24,25,26). The smallest absolute Gasteiger partial charge is 0.231 e. The first kappa shape index (κ1) is 18.3. The second kappa shape index (κ2) is 7.89. The minimum absolute atomic E-state index is 0.394. The molecule has 3 heterocycles. The molecule has 0 amide bonds. The highest BCUT2D eigenvalue weighted by molar-refractivity contribution is 5.87. The summed E-state index contributed by atoms with van der Waals surface area (Å²) in [6.45, 7) is 0. The number of ether oxygens (including phenoxy) is 3. The lowest BCUT2D eigenvalue weighted by molar-refractivity contribution is 0.324. The molecule has 4 rings (SSSR count). The van der Waals surface area contributed by atoms with Crippen LogP contribution < -0.4 is 24.8 Å². The average Bonchev–Trinajstić information content (AvgIpc) is 3.22. The Morgan fingerprint density at radius 1 is 0.862 bits per heavy atom. The van der Waals surface area contributed by atoms with E-state index in [4.69, 9.17) is 14.2 Å². The fourth-order valence-electron chi connectivity index (χ4n) is 2.83. The van der Waals surface area contributed by atoms with Crippen LogP contribution in [0.15, 0.2) is 43.0 Å². The normalized spacial score (nSPS) is 10.6. The second-order valence-corrected chi connectivity index (χ2v) is 5.90. The van der Waals surface area contributed by atoms with Crippen LogP contribution in [0.5, 0.6) is 17.2 Å². The maximum Gasteiger partial charge on any atom is 0.231 e. The Kier molecular flexibility index (Phi) is 4.97. The van der Waals surface area contributed by atoms with Crippen molar-refractivity contribution in [3.63, 3.8) is 0 Å². The Balaban J connectivity index is 1.73. The molecule has 0 aliphatic rings. The SMILES string of the molecule is COc1cc(Nc2nc(Nc3ccncc3)nc3nc[nH]c23)cc(OC)c1OC. The van der Waals surface area contributed by atoms with E-state index in [2.05, 4.69) is 35.6 Å². The number of imidazole rings is 1. The van der Waals surface area contributed by atoms with Crippen LogP contribution in [-0.4, -0.2) is 46.2 Å². The van der Waals surface area contributed by atoms with Crippen LogP contribution >= 0.6 is 0 Å². The van der Waals surface area contributed by atoms with E-state index in [1.54, 1.807) is 52.2 Å². The molecule has 10 heteroatoms. The van der Waals surface area contributed by atoms with E-state index in [0.717, 1.165) is 5.69 Å². The number of nitrogens with one attached hydrogen (secondary N) is 3. The van der Waals surface area contributed by atoms with Crippen molar-refractivity contribution < 1.29 is 14.2 Å². The van der Waals surface area contributed by atoms with Crippen LogP contribution in [0.2, 0.25) is 0 Å². The number of H-pyrrole nitrogens is 1. The molecule has 4 aromatic rings. The Morgan fingerprint density at radius 2 is 1.59 bits per heavy atom. The van der Waals surface area contributed by atoms with Gasteiger partial charge in [-0.2, -0.15) is 9.97 Å². The summed E-state index contributed by atoms with van der Waals surface area (Å²) >= 11 is 0. The van der Waals surface area contributed by atoms with Crippen molar-refractivity contribution in [2.75, 3.05) is 32.0 Å². The minimum Gasteiger partial charge on any atom is -0.493 e. The van der Waals surface area contributed by atoms with Gasteiger partial charge in [0.1, 0.15) is 5.52 Å². The third-order valence-electron chi connectivity index (χ3n) is 4.15. The third kappa shape index (κ3) is 3.68. The van der Waals surface area contributed by atoms with Gasteiger partial charge in [0, 0.05) is 35.9 Å². The molecule has 0 aliphatic heterocycles. The van der Waals surface area contributed by atoms with Crippen LogP contribution in [0.25, 0.3) is 11.2 Å². The zero-order valence-electron chi connectivity index (χ0n) is 16.1. The number of benzene rings is 1. The molecule has 0 saturated carbocycles. The van der Waals surface area contributed by atoms with Gasteiger partial charge in [-0.05, 0) is 12.1 Å². The van der Waals surface area contributed by atoms with Gasteiger partial charge in [0.25, 0.3) is 0 Å². The van der Waals surface area contributed by atoms with Gasteiger partial charge in [-0.1, -0.05) is 0 Å². The first-order chi connectivity index (χ1) is 14.2. The highest BCUT2D eigenvalue weighted by Crippen LogP contribution is 2.40. The molecule has 0 saturated heterocycles. The van der Waals surface area contributed by atoms with E-state index in [1.807, 2.05) is 12.1 Å². The molecular formula is C19H19N7O3. The number of hydrogen-bond donors (Lipinski definition) is 3. The maximum atomic E-state index is 5.42. The topological polar surface area (TPSA) is 119 Å². The van der Waals surface area contributed by atoms with Crippen molar-refractivity contribution in [2.24, 2.45) is 0 Å². The molecule has 0 fully saturated rings. The Morgan fingerprint density at radius 3 is 2.24 bits per heavy atom. The molecule has 0 aliphatic carbocycles. The number of aromatic amines is 1. The maximum absolute atomic E-state index is 5.42. The van der Waals surface area contributed by atoms with Gasteiger partial charge in [-0.15, -0.1) is 0 Å². The summed E-state index contributed by atoms with van der Waals surface area (Å²) in [5, 5.41) is 6.42. The Hall–Kier alpha value is -4.08.